The van der Waals surface area contributed by atoms with Crippen LogP contribution < -0.4 is 4.74 Å². The first-order valence-electron chi connectivity index (χ1n) is 8.99. The number of hydrogen-bond acceptors (Lipinski definition) is 2. The summed E-state index contributed by atoms with van der Waals surface area (Å²) in [4.78, 5) is 11.0. The molecule has 1 aromatic carbocycles. The van der Waals surface area contributed by atoms with Crippen LogP contribution in [0.25, 0.3) is 0 Å². The fraction of sp³-hybridized carbons (Fsp3) is 0.571. The number of carbonyl (C=O) groups is 1. The molecule has 3 aliphatic carbocycles. The van der Waals surface area contributed by atoms with Crippen LogP contribution in [0.3, 0.4) is 0 Å². The van der Waals surface area contributed by atoms with Gasteiger partial charge in [0.1, 0.15) is 12.0 Å². The summed E-state index contributed by atoms with van der Waals surface area (Å²) in [6, 6.07) is 6.68. The molecule has 0 amide bonds. The Morgan fingerprint density at radius 1 is 1.22 bits per heavy atom. The van der Waals surface area contributed by atoms with Crippen LogP contribution in [0.15, 0.2) is 29.8 Å². The molecule has 0 heterocycles. The van der Waals surface area contributed by atoms with Crippen molar-refractivity contribution >= 4 is 6.29 Å². The van der Waals surface area contributed by atoms with Crippen molar-refractivity contribution in [2.24, 2.45) is 17.3 Å². The lowest BCUT2D eigenvalue weighted by Gasteiger charge is -2.49. The second-order valence-electron chi connectivity index (χ2n) is 7.80. The highest BCUT2D eigenvalue weighted by Crippen LogP contribution is 2.62. The summed E-state index contributed by atoms with van der Waals surface area (Å²) in [5, 5.41) is 0. The zero-order chi connectivity index (χ0) is 16.0. The Labute approximate surface area is 138 Å². The van der Waals surface area contributed by atoms with E-state index in [2.05, 4.69) is 25.1 Å². The van der Waals surface area contributed by atoms with E-state index in [0.717, 1.165) is 30.3 Å². The molecule has 23 heavy (non-hydrogen) atoms. The smallest absolute Gasteiger partial charge is 0.142 e. The molecule has 2 heteroatoms. The molecule has 1 aromatic rings. The van der Waals surface area contributed by atoms with Crippen molar-refractivity contribution in [1.29, 1.82) is 0 Å². The van der Waals surface area contributed by atoms with Crippen LogP contribution in [0.5, 0.6) is 5.75 Å². The Bertz CT molecular complexity index is 660. The molecule has 2 nitrogen and oxygen atoms in total. The molecule has 0 spiro atoms. The van der Waals surface area contributed by atoms with Gasteiger partial charge in [-0.25, -0.2) is 0 Å². The summed E-state index contributed by atoms with van der Waals surface area (Å²) in [7, 11) is 1.75. The van der Waals surface area contributed by atoms with Crippen molar-refractivity contribution in [2.75, 3.05) is 7.11 Å². The maximum absolute atomic E-state index is 11.0. The van der Waals surface area contributed by atoms with Gasteiger partial charge < -0.3 is 4.74 Å². The van der Waals surface area contributed by atoms with Gasteiger partial charge >= 0.3 is 0 Å². The van der Waals surface area contributed by atoms with Crippen LogP contribution in [0, 0.1) is 17.3 Å². The lowest BCUT2D eigenvalue weighted by molar-refractivity contribution is -0.104. The maximum atomic E-state index is 11.0. The lowest BCUT2D eigenvalue weighted by atomic mass is 9.55. The first kappa shape index (κ1) is 15.0. The summed E-state index contributed by atoms with van der Waals surface area (Å²) >= 11 is 0. The molecule has 3 aliphatic rings. The normalized spacial score (nSPS) is 37.0. The summed E-state index contributed by atoms with van der Waals surface area (Å²) < 4.78 is 5.40. The minimum absolute atomic E-state index is 0.270. The van der Waals surface area contributed by atoms with Crippen LogP contribution in [0.2, 0.25) is 0 Å². The molecule has 2 saturated carbocycles. The van der Waals surface area contributed by atoms with Gasteiger partial charge in [0, 0.05) is 0 Å². The Morgan fingerprint density at radius 2 is 2.09 bits per heavy atom. The molecule has 0 aromatic heterocycles. The van der Waals surface area contributed by atoms with Crippen LogP contribution in [-0.2, 0) is 11.2 Å². The van der Waals surface area contributed by atoms with E-state index in [0.29, 0.717) is 5.92 Å². The number of hydrogen-bond donors (Lipinski definition) is 0. The Kier molecular flexibility index (Phi) is 3.59. The fourth-order valence-electron chi connectivity index (χ4n) is 5.89. The van der Waals surface area contributed by atoms with Crippen LogP contribution in [0.1, 0.15) is 56.1 Å². The monoisotopic (exact) mass is 310 g/mol. The van der Waals surface area contributed by atoms with Crippen molar-refractivity contribution in [2.45, 2.75) is 51.4 Å². The highest BCUT2D eigenvalue weighted by molar-refractivity contribution is 5.67. The summed E-state index contributed by atoms with van der Waals surface area (Å²) in [5.74, 6) is 3.23. The molecule has 4 rings (SSSR count). The van der Waals surface area contributed by atoms with Crippen LogP contribution in [-0.4, -0.2) is 13.4 Å². The van der Waals surface area contributed by atoms with E-state index in [1.165, 1.54) is 43.2 Å². The SMILES string of the molecule is COc1ccc2c(c1)CC[C@@H]1[C@@H]2CC[C@]2(C)/C(=C/C=O)CC[C@@H]12. The van der Waals surface area contributed by atoms with Gasteiger partial charge in [-0.05, 0) is 91.0 Å². The predicted molar refractivity (Wildman–Crippen MR) is 91.8 cm³/mol. The van der Waals surface area contributed by atoms with Crippen molar-refractivity contribution in [3.8, 4) is 5.75 Å². The number of benzene rings is 1. The van der Waals surface area contributed by atoms with Gasteiger partial charge in [-0.2, -0.15) is 0 Å². The minimum atomic E-state index is 0.270. The Morgan fingerprint density at radius 3 is 2.87 bits per heavy atom. The number of allylic oxidation sites excluding steroid dienone is 2. The molecule has 2 fully saturated rings. The summed E-state index contributed by atoms with van der Waals surface area (Å²) in [6.45, 7) is 2.42. The molecule has 122 valence electrons. The molecule has 0 aliphatic heterocycles. The average Bonchev–Trinajstić information content (AvgIpc) is 2.91. The number of methoxy groups -OCH3 is 1. The van der Waals surface area contributed by atoms with E-state index in [-0.39, 0.29) is 5.41 Å². The molecule has 0 unspecified atom stereocenters. The van der Waals surface area contributed by atoms with Gasteiger partial charge in [0.05, 0.1) is 7.11 Å². The van der Waals surface area contributed by atoms with E-state index >= 15 is 0 Å². The quantitative estimate of drug-likeness (QED) is 0.586. The van der Waals surface area contributed by atoms with E-state index in [1.54, 1.807) is 12.7 Å². The minimum Gasteiger partial charge on any atom is -0.497 e. The molecule has 4 atom stereocenters. The summed E-state index contributed by atoms with van der Waals surface area (Å²) in [5.41, 5.74) is 4.75. The second-order valence-corrected chi connectivity index (χ2v) is 7.80. The number of aryl methyl sites for hydroxylation is 1. The zero-order valence-corrected chi connectivity index (χ0v) is 14.2. The lowest BCUT2D eigenvalue weighted by Crippen LogP contribution is -2.40. The van der Waals surface area contributed by atoms with Crippen LogP contribution >= 0.6 is 0 Å². The first-order valence-corrected chi connectivity index (χ1v) is 8.99. The number of carbonyl (C=O) groups excluding carboxylic acids is 1. The number of fused-ring (bicyclic) bond motifs is 5. The van der Waals surface area contributed by atoms with E-state index in [1.807, 2.05) is 6.08 Å². The third-order valence-corrected chi connectivity index (χ3v) is 7.05. The first-order chi connectivity index (χ1) is 11.2. The van der Waals surface area contributed by atoms with Gasteiger partial charge in [-0.3, -0.25) is 4.79 Å². The van der Waals surface area contributed by atoms with Gasteiger partial charge in [0.25, 0.3) is 0 Å². The van der Waals surface area contributed by atoms with E-state index in [9.17, 15) is 4.79 Å². The molecular weight excluding hydrogens is 284 g/mol. The maximum Gasteiger partial charge on any atom is 0.142 e. The standard InChI is InChI=1S/C21H26O2/c1-21-11-9-18-17-7-5-16(23-2)13-14(17)3-6-19(18)20(21)8-4-15(21)10-12-22/h5,7,10,12-13,18-20H,3-4,6,8-9,11H2,1-2H3/b15-10+/t18-,19-,20+,21-/m1/s1. The average molecular weight is 310 g/mol. The molecular formula is C21H26O2. The number of rotatable bonds is 2. The van der Waals surface area contributed by atoms with Crippen molar-refractivity contribution < 1.29 is 9.53 Å². The zero-order valence-electron chi connectivity index (χ0n) is 14.2. The van der Waals surface area contributed by atoms with E-state index in [4.69, 9.17) is 4.74 Å². The predicted octanol–water partition coefficient (Wildman–Crippen LogP) is 4.68. The van der Waals surface area contributed by atoms with Gasteiger partial charge in [-0.15, -0.1) is 0 Å². The second kappa shape index (κ2) is 5.51. The molecule has 0 bridgehead atoms. The highest BCUT2D eigenvalue weighted by atomic mass is 16.5. The van der Waals surface area contributed by atoms with Gasteiger partial charge in [0.2, 0.25) is 0 Å². The third kappa shape index (κ3) is 2.18. The highest BCUT2D eigenvalue weighted by Gasteiger charge is 2.52. The number of ether oxygens (including phenoxy) is 1. The van der Waals surface area contributed by atoms with Crippen molar-refractivity contribution in [3.05, 3.63) is 41.0 Å². The van der Waals surface area contributed by atoms with Gasteiger partial charge in [-0.1, -0.05) is 18.6 Å². The topological polar surface area (TPSA) is 26.3 Å². The van der Waals surface area contributed by atoms with Crippen molar-refractivity contribution in [3.63, 3.8) is 0 Å². The fourth-order valence-corrected chi connectivity index (χ4v) is 5.89. The molecule has 0 radical (unpaired) electrons. The van der Waals surface area contributed by atoms with Gasteiger partial charge in [0.15, 0.2) is 0 Å². The van der Waals surface area contributed by atoms with Crippen molar-refractivity contribution in [1.82, 2.24) is 0 Å². The number of aldehydes is 1. The summed E-state index contributed by atoms with van der Waals surface area (Å²) in [6.07, 6.45) is 10.2. The largest absolute Gasteiger partial charge is 0.497 e. The molecule has 0 saturated heterocycles. The molecule has 0 N–H and O–H groups in total. The third-order valence-electron chi connectivity index (χ3n) is 7.05. The van der Waals surface area contributed by atoms with Crippen LogP contribution in [0.4, 0.5) is 0 Å². The van der Waals surface area contributed by atoms with E-state index < -0.39 is 0 Å². The Hall–Kier alpha value is -1.57. The Balaban J connectivity index is 1.68.